The molecule has 2 unspecified atom stereocenters. The van der Waals surface area contributed by atoms with Gasteiger partial charge in [-0.1, -0.05) is 0 Å². The topological polar surface area (TPSA) is 52.6 Å². The standard InChI is InChI=1S/C9H18N2O2/c1-6-4-8(5-7(2)10-6)11(3)9(12)13/h6-8,10H,4-5H2,1-3H3,(H,12,13). The summed E-state index contributed by atoms with van der Waals surface area (Å²) in [6.45, 7) is 4.19. The molecule has 0 bridgehead atoms. The van der Waals surface area contributed by atoms with E-state index in [-0.39, 0.29) is 6.04 Å². The first-order chi connectivity index (χ1) is 6.00. The molecule has 0 saturated carbocycles. The normalized spacial score (nSPS) is 34.2. The van der Waals surface area contributed by atoms with Gasteiger partial charge in [-0.2, -0.15) is 0 Å². The van der Waals surface area contributed by atoms with Gasteiger partial charge in [0, 0.05) is 25.2 Å². The van der Waals surface area contributed by atoms with Crippen molar-refractivity contribution in [1.29, 1.82) is 0 Å². The first-order valence-electron chi connectivity index (χ1n) is 4.72. The van der Waals surface area contributed by atoms with Crippen molar-refractivity contribution in [2.45, 2.75) is 44.8 Å². The fraction of sp³-hybridized carbons (Fsp3) is 0.889. The quantitative estimate of drug-likeness (QED) is 0.645. The lowest BCUT2D eigenvalue weighted by Crippen LogP contribution is -2.50. The molecule has 2 atom stereocenters. The Morgan fingerprint density at radius 2 is 1.85 bits per heavy atom. The summed E-state index contributed by atoms with van der Waals surface area (Å²) in [5.74, 6) is 0. The number of nitrogens with one attached hydrogen (secondary N) is 1. The van der Waals surface area contributed by atoms with Gasteiger partial charge in [0.2, 0.25) is 0 Å². The zero-order valence-electron chi connectivity index (χ0n) is 8.45. The van der Waals surface area contributed by atoms with Crippen molar-refractivity contribution < 1.29 is 9.90 Å². The molecule has 76 valence electrons. The van der Waals surface area contributed by atoms with Gasteiger partial charge in [-0.25, -0.2) is 4.79 Å². The van der Waals surface area contributed by atoms with Gasteiger partial charge in [-0.15, -0.1) is 0 Å². The summed E-state index contributed by atoms with van der Waals surface area (Å²) < 4.78 is 0. The number of amides is 1. The minimum Gasteiger partial charge on any atom is -0.465 e. The molecule has 0 spiro atoms. The third-order valence-corrected chi connectivity index (χ3v) is 2.67. The lowest BCUT2D eigenvalue weighted by molar-refractivity contribution is 0.116. The molecule has 0 aromatic heterocycles. The van der Waals surface area contributed by atoms with Crippen molar-refractivity contribution in [3.05, 3.63) is 0 Å². The second-order valence-corrected chi connectivity index (χ2v) is 3.99. The average molecular weight is 186 g/mol. The zero-order valence-corrected chi connectivity index (χ0v) is 8.45. The van der Waals surface area contributed by atoms with E-state index >= 15 is 0 Å². The molecule has 0 aromatic rings. The fourth-order valence-corrected chi connectivity index (χ4v) is 2.01. The largest absolute Gasteiger partial charge is 0.465 e. The smallest absolute Gasteiger partial charge is 0.407 e. The SMILES string of the molecule is CC1CC(N(C)C(=O)O)CC(C)N1. The Hall–Kier alpha value is -0.770. The van der Waals surface area contributed by atoms with Crippen LogP contribution in [0.4, 0.5) is 4.79 Å². The number of rotatable bonds is 1. The highest BCUT2D eigenvalue weighted by Gasteiger charge is 2.28. The van der Waals surface area contributed by atoms with E-state index in [0.29, 0.717) is 12.1 Å². The third-order valence-electron chi connectivity index (χ3n) is 2.67. The number of carboxylic acid groups (broad SMARTS) is 1. The van der Waals surface area contributed by atoms with Crippen LogP contribution < -0.4 is 5.32 Å². The molecular formula is C9H18N2O2. The van der Waals surface area contributed by atoms with Crippen molar-refractivity contribution in [2.24, 2.45) is 0 Å². The molecule has 1 aliphatic heterocycles. The van der Waals surface area contributed by atoms with Crippen molar-refractivity contribution >= 4 is 6.09 Å². The molecule has 0 aliphatic carbocycles. The van der Waals surface area contributed by atoms with Crippen molar-refractivity contribution in [1.82, 2.24) is 10.2 Å². The van der Waals surface area contributed by atoms with Crippen molar-refractivity contribution in [2.75, 3.05) is 7.05 Å². The van der Waals surface area contributed by atoms with Gasteiger partial charge in [-0.3, -0.25) is 0 Å². The number of carbonyl (C=O) groups is 1. The Labute approximate surface area is 78.9 Å². The molecule has 1 fully saturated rings. The van der Waals surface area contributed by atoms with Crippen LogP contribution in [0.3, 0.4) is 0 Å². The molecule has 1 saturated heterocycles. The van der Waals surface area contributed by atoms with Crippen LogP contribution in [0.1, 0.15) is 26.7 Å². The van der Waals surface area contributed by atoms with Crippen LogP contribution >= 0.6 is 0 Å². The van der Waals surface area contributed by atoms with E-state index in [2.05, 4.69) is 19.2 Å². The summed E-state index contributed by atoms with van der Waals surface area (Å²) in [6, 6.07) is 0.995. The van der Waals surface area contributed by atoms with Crippen LogP contribution in [-0.2, 0) is 0 Å². The second kappa shape index (κ2) is 3.96. The molecule has 13 heavy (non-hydrogen) atoms. The van der Waals surface area contributed by atoms with Crippen LogP contribution in [0.25, 0.3) is 0 Å². The molecule has 0 radical (unpaired) electrons. The molecule has 1 aliphatic rings. The molecule has 4 nitrogen and oxygen atoms in total. The summed E-state index contributed by atoms with van der Waals surface area (Å²) >= 11 is 0. The first-order valence-corrected chi connectivity index (χ1v) is 4.72. The lowest BCUT2D eigenvalue weighted by Gasteiger charge is -2.36. The predicted molar refractivity (Wildman–Crippen MR) is 50.9 cm³/mol. The Kier molecular flexibility index (Phi) is 3.14. The molecule has 4 heteroatoms. The molecule has 1 heterocycles. The van der Waals surface area contributed by atoms with Gasteiger partial charge in [-0.05, 0) is 26.7 Å². The lowest BCUT2D eigenvalue weighted by atomic mass is 9.94. The van der Waals surface area contributed by atoms with E-state index in [1.54, 1.807) is 7.05 Å². The summed E-state index contributed by atoms with van der Waals surface area (Å²) in [7, 11) is 1.65. The molecular weight excluding hydrogens is 168 g/mol. The zero-order chi connectivity index (χ0) is 10.0. The number of piperidine rings is 1. The Bertz CT molecular complexity index is 186. The van der Waals surface area contributed by atoms with E-state index < -0.39 is 6.09 Å². The monoisotopic (exact) mass is 186 g/mol. The van der Waals surface area contributed by atoms with Crippen LogP contribution in [-0.4, -0.2) is 41.3 Å². The highest BCUT2D eigenvalue weighted by molar-refractivity contribution is 5.65. The van der Waals surface area contributed by atoms with Crippen LogP contribution in [0.2, 0.25) is 0 Å². The molecule has 1 rings (SSSR count). The average Bonchev–Trinajstić information content (AvgIpc) is 2.01. The molecule has 0 aromatic carbocycles. The van der Waals surface area contributed by atoms with E-state index in [0.717, 1.165) is 12.8 Å². The highest BCUT2D eigenvalue weighted by Crippen LogP contribution is 2.17. The van der Waals surface area contributed by atoms with Crippen LogP contribution in [0, 0.1) is 0 Å². The number of hydrogen-bond acceptors (Lipinski definition) is 2. The van der Waals surface area contributed by atoms with Gasteiger partial charge in [0.15, 0.2) is 0 Å². The van der Waals surface area contributed by atoms with E-state index in [9.17, 15) is 4.79 Å². The summed E-state index contributed by atoms with van der Waals surface area (Å²) in [6.07, 6.45) is 0.992. The maximum atomic E-state index is 10.7. The van der Waals surface area contributed by atoms with Gasteiger partial charge in [0.25, 0.3) is 0 Å². The van der Waals surface area contributed by atoms with Gasteiger partial charge in [0.05, 0.1) is 0 Å². The number of nitrogens with zero attached hydrogens (tertiary/aromatic N) is 1. The van der Waals surface area contributed by atoms with E-state index in [1.165, 1.54) is 4.90 Å². The fourth-order valence-electron chi connectivity index (χ4n) is 2.01. The van der Waals surface area contributed by atoms with Gasteiger partial charge in [0.1, 0.15) is 0 Å². The summed E-state index contributed by atoms with van der Waals surface area (Å²) in [5, 5.41) is 12.2. The van der Waals surface area contributed by atoms with E-state index in [1.807, 2.05) is 0 Å². The van der Waals surface area contributed by atoms with Crippen LogP contribution in [0.15, 0.2) is 0 Å². The Morgan fingerprint density at radius 1 is 1.38 bits per heavy atom. The van der Waals surface area contributed by atoms with Gasteiger partial charge < -0.3 is 15.3 Å². The Morgan fingerprint density at radius 3 is 2.23 bits per heavy atom. The molecule has 2 N–H and O–H groups in total. The maximum Gasteiger partial charge on any atom is 0.407 e. The Balaban J connectivity index is 2.54. The van der Waals surface area contributed by atoms with Crippen molar-refractivity contribution in [3.63, 3.8) is 0 Å². The minimum absolute atomic E-state index is 0.170. The number of hydrogen-bond donors (Lipinski definition) is 2. The second-order valence-electron chi connectivity index (χ2n) is 3.99. The summed E-state index contributed by atoms with van der Waals surface area (Å²) in [4.78, 5) is 12.1. The van der Waals surface area contributed by atoms with Crippen molar-refractivity contribution in [3.8, 4) is 0 Å². The highest BCUT2D eigenvalue weighted by atomic mass is 16.4. The third kappa shape index (κ3) is 2.59. The maximum absolute atomic E-state index is 10.7. The predicted octanol–water partition coefficient (Wildman–Crippen LogP) is 1.13. The molecule has 1 amide bonds. The van der Waals surface area contributed by atoms with Crippen LogP contribution in [0.5, 0.6) is 0 Å². The first kappa shape index (κ1) is 10.3. The summed E-state index contributed by atoms with van der Waals surface area (Å²) in [5.41, 5.74) is 0. The van der Waals surface area contributed by atoms with E-state index in [4.69, 9.17) is 5.11 Å². The minimum atomic E-state index is -0.827. The van der Waals surface area contributed by atoms with Gasteiger partial charge >= 0.3 is 6.09 Å².